The van der Waals surface area contributed by atoms with E-state index >= 15 is 0 Å². The lowest BCUT2D eigenvalue weighted by Gasteiger charge is -2.05. The van der Waals surface area contributed by atoms with Crippen molar-refractivity contribution in [3.05, 3.63) is 11.6 Å². The van der Waals surface area contributed by atoms with Crippen molar-refractivity contribution < 1.29 is 9.90 Å². The van der Waals surface area contributed by atoms with Crippen LogP contribution in [0.2, 0.25) is 0 Å². The van der Waals surface area contributed by atoms with Gasteiger partial charge in [-0.25, -0.2) is 4.79 Å². The molecule has 1 aliphatic carbocycles. The van der Waals surface area contributed by atoms with Crippen LogP contribution in [-0.2, 0) is 4.79 Å². The molecule has 2 atom stereocenters. The van der Waals surface area contributed by atoms with Gasteiger partial charge in [-0.15, -0.1) is 0 Å². The van der Waals surface area contributed by atoms with Crippen LogP contribution < -0.4 is 5.73 Å². The highest BCUT2D eigenvalue weighted by Gasteiger charge is 2.23. The van der Waals surface area contributed by atoms with Crippen LogP contribution in [0, 0.1) is 5.92 Å². The number of carbonyl (C=O) groups is 1. The second kappa shape index (κ2) is 2.42. The van der Waals surface area contributed by atoms with Crippen molar-refractivity contribution in [2.75, 3.05) is 0 Å². The van der Waals surface area contributed by atoms with E-state index in [-0.39, 0.29) is 12.0 Å². The minimum atomic E-state index is -0.834. The van der Waals surface area contributed by atoms with Gasteiger partial charge in [0.2, 0.25) is 0 Å². The maximum atomic E-state index is 10.4. The minimum absolute atomic E-state index is 0.0638. The number of carboxylic acid groups (broad SMARTS) is 1. The highest BCUT2D eigenvalue weighted by atomic mass is 16.4. The fourth-order valence-corrected chi connectivity index (χ4v) is 1.11. The standard InChI is InChI=1S/C7H11NO2/c1-4-2-5(7(9)10)3-6(4)8/h3-4,6H,2,8H2,1H3,(H,9,10)/t4-,6-/m0/s1. The topological polar surface area (TPSA) is 63.3 Å². The van der Waals surface area contributed by atoms with Crippen LogP contribution in [0.1, 0.15) is 13.3 Å². The molecule has 56 valence electrons. The molecule has 3 N–H and O–H groups in total. The summed E-state index contributed by atoms with van der Waals surface area (Å²) in [5.41, 5.74) is 6.03. The second-order valence-electron chi connectivity index (χ2n) is 2.76. The van der Waals surface area contributed by atoms with Crippen LogP contribution in [0.4, 0.5) is 0 Å². The Morgan fingerprint density at radius 3 is 2.70 bits per heavy atom. The van der Waals surface area contributed by atoms with Crippen molar-refractivity contribution in [3.63, 3.8) is 0 Å². The number of rotatable bonds is 1. The molecular weight excluding hydrogens is 130 g/mol. The van der Waals surface area contributed by atoms with Crippen molar-refractivity contribution in [2.45, 2.75) is 19.4 Å². The van der Waals surface area contributed by atoms with Crippen molar-refractivity contribution >= 4 is 5.97 Å². The molecule has 1 aliphatic rings. The number of carboxylic acids is 1. The van der Waals surface area contributed by atoms with Gasteiger partial charge in [0.1, 0.15) is 0 Å². The summed E-state index contributed by atoms with van der Waals surface area (Å²) in [6.45, 7) is 1.96. The molecule has 3 heteroatoms. The molecule has 0 aromatic heterocycles. The van der Waals surface area contributed by atoms with E-state index in [0.717, 1.165) is 0 Å². The third-order valence-corrected chi connectivity index (χ3v) is 1.87. The summed E-state index contributed by atoms with van der Waals surface area (Å²) in [4.78, 5) is 10.4. The summed E-state index contributed by atoms with van der Waals surface area (Å²) in [5, 5.41) is 8.52. The largest absolute Gasteiger partial charge is 0.478 e. The van der Waals surface area contributed by atoms with Gasteiger partial charge in [-0.1, -0.05) is 13.0 Å². The summed E-state index contributed by atoms with van der Waals surface area (Å²) in [7, 11) is 0. The molecule has 0 saturated heterocycles. The summed E-state index contributed by atoms with van der Waals surface area (Å²) in [6.07, 6.45) is 2.24. The Hall–Kier alpha value is -0.830. The second-order valence-corrected chi connectivity index (χ2v) is 2.76. The predicted octanol–water partition coefficient (Wildman–Crippen LogP) is 0.365. The van der Waals surface area contributed by atoms with Crippen LogP contribution in [0.25, 0.3) is 0 Å². The number of nitrogens with two attached hydrogens (primary N) is 1. The summed E-state index contributed by atoms with van der Waals surface area (Å²) in [5.74, 6) is -0.550. The molecule has 0 spiro atoms. The molecule has 0 aliphatic heterocycles. The molecule has 0 bridgehead atoms. The molecule has 0 amide bonds. The third-order valence-electron chi connectivity index (χ3n) is 1.87. The smallest absolute Gasteiger partial charge is 0.331 e. The lowest BCUT2D eigenvalue weighted by molar-refractivity contribution is -0.132. The van der Waals surface area contributed by atoms with Crippen molar-refractivity contribution in [3.8, 4) is 0 Å². The molecule has 10 heavy (non-hydrogen) atoms. The van der Waals surface area contributed by atoms with E-state index in [1.165, 1.54) is 0 Å². The van der Waals surface area contributed by atoms with Crippen molar-refractivity contribution in [1.29, 1.82) is 0 Å². The van der Waals surface area contributed by atoms with Crippen molar-refractivity contribution in [1.82, 2.24) is 0 Å². The van der Waals surface area contributed by atoms with E-state index in [2.05, 4.69) is 0 Å². The fourth-order valence-electron chi connectivity index (χ4n) is 1.11. The van der Waals surface area contributed by atoms with Gasteiger partial charge >= 0.3 is 5.97 Å². The van der Waals surface area contributed by atoms with Gasteiger partial charge in [0.05, 0.1) is 0 Å². The van der Waals surface area contributed by atoms with Crippen LogP contribution in [0.5, 0.6) is 0 Å². The lowest BCUT2D eigenvalue weighted by atomic mass is 10.1. The van der Waals surface area contributed by atoms with Gasteiger partial charge in [-0.2, -0.15) is 0 Å². The zero-order chi connectivity index (χ0) is 7.72. The van der Waals surface area contributed by atoms with Crippen LogP contribution in [0.15, 0.2) is 11.6 Å². The van der Waals surface area contributed by atoms with E-state index in [0.29, 0.717) is 12.0 Å². The lowest BCUT2D eigenvalue weighted by Crippen LogP contribution is -2.21. The molecule has 0 unspecified atom stereocenters. The SMILES string of the molecule is C[C@H]1CC(C(=O)O)=C[C@@H]1N. The molecule has 0 radical (unpaired) electrons. The molecule has 3 nitrogen and oxygen atoms in total. The Kier molecular flexibility index (Phi) is 1.76. The first-order chi connectivity index (χ1) is 4.61. The van der Waals surface area contributed by atoms with Gasteiger partial charge < -0.3 is 10.8 Å². The van der Waals surface area contributed by atoms with Crippen LogP contribution in [-0.4, -0.2) is 17.1 Å². The zero-order valence-corrected chi connectivity index (χ0v) is 5.87. The first-order valence-corrected chi connectivity index (χ1v) is 3.31. The van der Waals surface area contributed by atoms with Gasteiger partial charge in [-0.05, 0) is 12.3 Å². The Balaban J connectivity index is 2.67. The van der Waals surface area contributed by atoms with Gasteiger partial charge in [0.15, 0.2) is 0 Å². The molecule has 0 saturated carbocycles. The van der Waals surface area contributed by atoms with E-state index in [1.807, 2.05) is 6.92 Å². The van der Waals surface area contributed by atoms with Crippen molar-refractivity contribution in [2.24, 2.45) is 11.7 Å². The number of hydrogen-bond acceptors (Lipinski definition) is 2. The van der Waals surface area contributed by atoms with Gasteiger partial charge in [0, 0.05) is 11.6 Å². The summed E-state index contributed by atoms with van der Waals surface area (Å²) >= 11 is 0. The first kappa shape index (κ1) is 7.28. The molecule has 0 aromatic carbocycles. The summed E-state index contributed by atoms with van der Waals surface area (Å²) in [6, 6.07) is -0.0638. The Bertz CT molecular complexity index is 186. The molecular formula is C7H11NO2. The highest BCUT2D eigenvalue weighted by Crippen LogP contribution is 2.23. The Morgan fingerprint density at radius 2 is 2.50 bits per heavy atom. The third kappa shape index (κ3) is 1.19. The van der Waals surface area contributed by atoms with E-state index in [1.54, 1.807) is 6.08 Å². The monoisotopic (exact) mass is 141 g/mol. The fraction of sp³-hybridized carbons (Fsp3) is 0.571. The molecule has 0 fully saturated rings. The zero-order valence-electron chi connectivity index (χ0n) is 5.87. The average molecular weight is 141 g/mol. The maximum Gasteiger partial charge on any atom is 0.331 e. The quantitative estimate of drug-likeness (QED) is 0.554. The highest BCUT2D eigenvalue weighted by molar-refractivity contribution is 5.87. The van der Waals surface area contributed by atoms with Crippen LogP contribution in [0.3, 0.4) is 0 Å². The van der Waals surface area contributed by atoms with E-state index < -0.39 is 5.97 Å². The normalized spacial score (nSPS) is 32.0. The number of aliphatic carboxylic acids is 1. The van der Waals surface area contributed by atoms with E-state index in [9.17, 15) is 4.79 Å². The molecule has 1 rings (SSSR count). The van der Waals surface area contributed by atoms with Gasteiger partial charge in [0.25, 0.3) is 0 Å². The Labute approximate surface area is 59.5 Å². The molecule has 0 aromatic rings. The number of hydrogen-bond donors (Lipinski definition) is 2. The maximum absolute atomic E-state index is 10.4. The average Bonchev–Trinajstić information content (AvgIpc) is 2.13. The minimum Gasteiger partial charge on any atom is -0.478 e. The van der Waals surface area contributed by atoms with Gasteiger partial charge in [-0.3, -0.25) is 0 Å². The molecule has 0 heterocycles. The van der Waals surface area contributed by atoms with E-state index in [4.69, 9.17) is 10.8 Å². The predicted molar refractivity (Wildman–Crippen MR) is 37.5 cm³/mol. The van der Waals surface area contributed by atoms with Crippen LogP contribution >= 0.6 is 0 Å². The Morgan fingerprint density at radius 1 is 1.90 bits per heavy atom. The first-order valence-electron chi connectivity index (χ1n) is 3.31. The summed E-state index contributed by atoms with van der Waals surface area (Å²) < 4.78 is 0.